The van der Waals surface area contributed by atoms with Crippen molar-refractivity contribution < 1.29 is 18.9 Å². The number of rotatable bonds is 0. The van der Waals surface area contributed by atoms with Gasteiger partial charge in [0.05, 0.1) is 0 Å². The molecule has 0 aromatic heterocycles. The van der Waals surface area contributed by atoms with Crippen molar-refractivity contribution in [3.05, 3.63) is 33.3 Å². The number of halogens is 3. The fourth-order valence-electron chi connectivity index (χ4n) is 0.427. The maximum Gasteiger partial charge on any atom is 1.00 e. The van der Waals surface area contributed by atoms with Crippen molar-refractivity contribution >= 4 is 34.8 Å². The van der Waals surface area contributed by atoms with E-state index in [1.165, 1.54) is 0 Å². The average Bonchev–Trinajstić information content (AvgIpc) is 1.80. The van der Waals surface area contributed by atoms with Gasteiger partial charge in [0.25, 0.3) is 0 Å². The molecule has 0 unspecified atom stereocenters. The Labute approximate surface area is 86.6 Å². The summed E-state index contributed by atoms with van der Waals surface area (Å²) in [6.07, 6.45) is 0. The zero-order chi connectivity index (χ0) is 6.85. The molecule has 1 aromatic carbocycles. The summed E-state index contributed by atoms with van der Waals surface area (Å²) in [7, 11) is 0. The molecule has 0 fully saturated rings. The van der Waals surface area contributed by atoms with Crippen LogP contribution in [0.3, 0.4) is 0 Å². The third kappa shape index (κ3) is 2.74. The second-order valence-corrected chi connectivity index (χ2v) is 2.70. The van der Waals surface area contributed by atoms with Crippen molar-refractivity contribution in [2.45, 2.75) is 0 Å². The molecular weight excluding hydrogens is 185 g/mol. The summed E-state index contributed by atoms with van der Waals surface area (Å²) in [6, 6.07) is 5.81. The van der Waals surface area contributed by atoms with Gasteiger partial charge in [-0.05, 0) is 0 Å². The zero-order valence-corrected chi connectivity index (χ0v) is 7.56. The molecule has 0 aliphatic rings. The first-order chi connectivity index (χ1) is 4.20. The Bertz CT molecular complexity index is 224. The summed E-state index contributed by atoms with van der Waals surface area (Å²) in [5.74, 6) is 0. The van der Waals surface area contributed by atoms with Gasteiger partial charge in [0.15, 0.2) is 0 Å². The van der Waals surface area contributed by atoms with Crippen LogP contribution in [0.1, 0.15) is 0 Å². The number of hydrogen-bond donors (Lipinski definition) is 0. The minimum atomic E-state index is 0. The Hall–Kier alpha value is 0.687. The average molecular weight is 187 g/mol. The van der Waals surface area contributed by atoms with E-state index in [4.69, 9.17) is 34.8 Å². The van der Waals surface area contributed by atoms with Crippen LogP contribution in [0.25, 0.3) is 0 Å². The van der Waals surface area contributed by atoms with Gasteiger partial charge in [0.2, 0.25) is 0 Å². The van der Waals surface area contributed by atoms with Crippen molar-refractivity contribution in [1.29, 1.82) is 0 Å². The second kappa shape index (κ2) is 4.54. The minimum Gasteiger partial charge on any atom is -0.167 e. The van der Waals surface area contributed by atoms with Crippen LogP contribution in [0.2, 0.25) is 15.1 Å². The fraction of sp³-hybridized carbons (Fsp3) is 0. The Morgan fingerprint density at radius 2 is 1.80 bits per heavy atom. The fourth-order valence-corrected chi connectivity index (χ4v) is 0.928. The summed E-state index contributed by atoms with van der Waals surface area (Å²) in [4.78, 5) is 0. The van der Waals surface area contributed by atoms with E-state index in [-0.39, 0.29) is 18.9 Å². The topological polar surface area (TPSA) is 0 Å². The molecular formula is C6H2Cl3Li. The maximum absolute atomic E-state index is 5.57. The Balaban J connectivity index is 0.000000810. The van der Waals surface area contributed by atoms with Crippen molar-refractivity contribution in [1.82, 2.24) is 0 Å². The van der Waals surface area contributed by atoms with Crippen LogP contribution < -0.4 is 18.9 Å². The van der Waals surface area contributed by atoms with E-state index < -0.39 is 0 Å². The van der Waals surface area contributed by atoms with Gasteiger partial charge in [0.1, 0.15) is 0 Å². The van der Waals surface area contributed by atoms with Crippen LogP contribution in [0.15, 0.2) is 12.1 Å². The number of benzene rings is 1. The molecule has 0 radical (unpaired) electrons. The van der Waals surface area contributed by atoms with Gasteiger partial charge in [-0.15, -0.1) is 17.7 Å². The van der Waals surface area contributed by atoms with Crippen LogP contribution in [0, 0.1) is 6.07 Å². The standard InChI is InChI=1S/C6H2Cl3.Li/c7-4-1-2-5(8)6(9)3-4;/h1,3H;/q-1;+1. The van der Waals surface area contributed by atoms with Gasteiger partial charge in [-0.3, -0.25) is 0 Å². The molecule has 0 N–H and O–H groups in total. The van der Waals surface area contributed by atoms with E-state index in [9.17, 15) is 0 Å². The van der Waals surface area contributed by atoms with Crippen molar-refractivity contribution in [3.8, 4) is 0 Å². The first kappa shape index (κ1) is 10.7. The molecule has 0 saturated heterocycles. The van der Waals surface area contributed by atoms with Crippen LogP contribution in [-0.2, 0) is 0 Å². The van der Waals surface area contributed by atoms with Crippen LogP contribution >= 0.6 is 34.8 Å². The first-order valence-corrected chi connectivity index (χ1v) is 3.36. The Kier molecular flexibility index (Phi) is 4.85. The van der Waals surface area contributed by atoms with Crippen LogP contribution in [0.4, 0.5) is 0 Å². The largest absolute Gasteiger partial charge is 1.00 e. The van der Waals surface area contributed by atoms with E-state index in [1.807, 2.05) is 0 Å². The first-order valence-electron chi connectivity index (χ1n) is 2.22. The SMILES string of the molecule is Clc1c[c-]c(Cl)c(Cl)c1.[Li+]. The molecule has 10 heavy (non-hydrogen) atoms. The summed E-state index contributed by atoms with van der Waals surface area (Å²) >= 11 is 16.6. The minimum absolute atomic E-state index is 0. The van der Waals surface area contributed by atoms with E-state index in [1.54, 1.807) is 12.1 Å². The maximum atomic E-state index is 5.57. The van der Waals surface area contributed by atoms with Gasteiger partial charge >= 0.3 is 18.9 Å². The van der Waals surface area contributed by atoms with E-state index in [0.29, 0.717) is 15.1 Å². The Morgan fingerprint density at radius 1 is 1.20 bits per heavy atom. The third-order valence-electron chi connectivity index (χ3n) is 0.811. The molecule has 0 aliphatic carbocycles. The summed E-state index contributed by atoms with van der Waals surface area (Å²) < 4.78 is 0. The van der Waals surface area contributed by atoms with Gasteiger partial charge in [-0.2, -0.15) is 35.3 Å². The van der Waals surface area contributed by atoms with Crippen LogP contribution in [-0.4, -0.2) is 0 Å². The van der Waals surface area contributed by atoms with Crippen molar-refractivity contribution in [3.63, 3.8) is 0 Å². The predicted molar refractivity (Wildman–Crippen MR) is 40.3 cm³/mol. The van der Waals surface area contributed by atoms with Crippen molar-refractivity contribution in [2.24, 2.45) is 0 Å². The summed E-state index contributed by atoms with van der Waals surface area (Å²) in [6.45, 7) is 0. The molecule has 48 valence electrons. The molecule has 1 aromatic rings. The monoisotopic (exact) mass is 186 g/mol. The third-order valence-corrected chi connectivity index (χ3v) is 1.74. The molecule has 4 heteroatoms. The van der Waals surface area contributed by atoms with E-state index in [0.717, 1.165) is 0 Å². The van der Waals surface area contributed by atoms with Gasteiger partial charge in [-0.25, -0.2) is 0 Å². The molecule has 0 aliphatic heterocycles. The smallest absolute Gasteiger partial charge is 0.167 e. The molecule has 0 bridgehead atoms. The normalized spacial score (nSPS) is 8.70. The molecule has 0 spiro atoms. The number of hydrogen-bond acceptors (Lipinski definition) is 0. The Morgan fingerprint density at radius 3 is 2.20 bits per heavy atom. The molecule has 0 atom stereocenters. The van der Waals surface area contributed by atoms with Gasteiger partial charge < -0.3 is 0 Å². The molecule has 0 nitrogen and oxygen atoms in total. The van der Waals surface area contributed by atoms with Gasteiger partial charge in [0, 0.05) is 0 Å². The zero-order valence-electron chi connectivity index (χ0n) is 5.29. The molecule has 0 heterocycles. The van der Waals surface area contributed by atoms with Gasteiger partial charge in [-0.1, -0.05) is 15.1 Å². The molecule has 0 amide bonds. The molecule has 0 saturated carbocycles. The van der Waals surface area contributed by atoms with E-state index in [2.05, 4.69) is 6.07 Å². The van der Waals surface area contributed by atoms with Crippen LogP contribution in [0.5, 0.6) is 0 Å². The summed E-state index contributed by atoms with van der Waals surface area (Å²) in [5, 5.41) is 1.38. The molecule has 1 rings (SSSR count). The second-order valence-electron chi connectivity index (χ2n) is 1.48. The van der Waals surface area contributed by atoms with Crippen molar-refractivity contribution in [2.75, 3.05) is 0 Å². The van der Waals surface area contributed by atoms with E-state index >= 15 is 0 Å². The quantitative estimate of drug-likeness (QED) is 0.314. The summed E-state index contributed by atoms with van der Waals surface area (Å²) in [5.41, 5.74) is 0. The predicted octanol–water partition coefficient (Wildman–Crippen LogP) is 0.451.